The van der Waals surface area contributed by atoms with Crippen molar-refractivity contribution in [3.05, 3.63) is 76.2 Å². The average molecular weight is 467 g/mol. The molecule has 4 aromatic rings. The second-order valence-electron chi connectivity index (χ2n) is 10.0. The lowest BCUT2D eigenvalue weighted by Crippen LogP contribution is -2.32. The van der Waals surface area contributed by atoms with E-state index in [1.54, 1.807) is 10.9 Å². The molecule has 2 atom stereocenters. The highest BCUT2D eigenvalue weighted by Crippen LogP contribution is 2.32. The Bertz CT molecular complexity index is 1480. The van der Waals surface area contributed by atoms with E-state index in [0.717, 1.165) is 40.2 Å². The van der Waals surface area contributed by atoms with Crippen LogP contribution in [0.1, 0.15) is 59.6 Å². The van der Waals surface area contributed by atoms with Gasteiger partial charge in [-0.25, -0.2) is 9.67 Å². The van der Waals surface area contributed by atoms with Gasteiger partial charge in [0.25, 0.3) is 0 Å². The van der Waals surface area contributed by atoms with Gasteiger partial charge in [0.1, 0.15) is 11.6 Å². The van der Waals surface area contributed by atoms with E-state index >= 15 is 0 Å². The lowest BCUT2D eigenvalue weighted by molar-refractivity contribution is 0.103. The van der Waals surface area contributed by atoms with Gasteiger partial charge in [-0.2, -0.15) is 5.10 Å². The summed E-state index contributed by atoms with van der Waals surface area (Å²) in [6, 6.07) is 13.6. The first kappa shape index (κ1) is 21.8. The molecule has 1 fully saturated rings. The summed E-state index contributed by atoms with van der Waals surface area (Å²) in [5, 5.41) is 4.43. The van der Waals surface area contributed by atoms with Crippen LogP contribution >= 0.6 is 0 Å². The molecule has 2 unspecified atom stereocenters. The van der Waals surface area contributed by atoms with Crippen molar-refractivity contribution in [3.8, 4) is 5.69 Å². The van der Waals surface area contributed by atoms with Crippen LogP contribution in [0.25, 0.3) is 22.8 Å². The molecule has 178 valence electrons. The van der Waals surface area contributed by atoms with Crippen LogP contribution in [0.4, 0.5) is 5.82 Å². The van der Waals surface area contributed by atoms with Crippen molar-refractivity contribution >= 4 is 28.7 Å². The van der Waals surface area contributed by atoms with Crippen molar-refractivity contribution in [3.63, 3.8) is 0 Å². The Hall–Kier alpha value is -3.71. The summed E-state index contributed by atoms with van der Waals surface area (Å²) in [5.41, 5.74) is 13.8. The topological polar surface area (TPSA) is 92.8 Å². The first-order chi connectivity index (χ1) is 16.9. The molecule has 1 aliphatic carbocycles. The minimum Gasteiger partial charge on any atom is -0.383 e. The number of anilines is 1. The number of hydrogen-bond acceptors (Lipinski definition) is 5. The summed E-state index contributed by atoms with van der Waals surface area (Å²) >= 11 is 0. The largest absolute Gasteiger partial charge is 0.383 e. The number of imidazole rings is 1. The summed E-state index contributed by atoms with van der Waals surface area (Å²) in [5.74, 6) is 1.13. The quantitative estimate of drug-likeness (QED) is 0.411. The Labute approximate surface area is 204 Å². The Balaban J connectivity index is 1.24. The number of nitrogens with zero attached hydrogens (tertiary/aromatic N) is 4. The van der Waals surface area contributed by atoms with Crippen LogP contribution < -0.4 is 5.73 Å². The molecule has 1 saturated heterocycles. The molecule has 35 heavy (non-hydrogen) atoms. The maximum atomic E-state index is 13.4. The third-order valence-electron chi connectivity index (χ3n) is 7.59. The number of benzene rings is 2. The van der Waals surface area contributed by atoms with Crippen molar-refractivity contribution in [2.45, 2.75) is 58.7 Å². The second-order valence-corrected chi connectivity index (χ2v) is 10.0. The number of aryl methyl sites for hydroxylation is 1. The number of nitrogen functional groups attached to an aromatic ring is 1. The number of Topliss-reactive ketones (excluding diaryl/α,β-unsaturated/α-hetero) is 1. The average Bonchev–Trinajstić information content (AvgIpc) is 3.60. The Kier molecular flexibility index (Phi) is 5.11. The standard InChI is InChI=1S/C28H30N6O/c1-16-4-5-17(2)33(16)15-19-6-7-20-11-22(12-21(20)10-19)27(35)24-14-30-34(28(24)29)23-8-9-25-26(13-23)32-18(3)31-25/h6-10,12-14,16-17H,4-5,11,15,29H2,1-3H3,(H,31,32). The zero-order chi connectivity index (χ0) is 24.3. The molecule has 0 saturated carbocycles. The molecule has 1 aliphatic heterocycles. The van der Waals surface area contributed by atoms with Gasteiger partial charge in [-0.15, -0.1) is 0 Å². The molecule has 6 rings (SSSR count). The monoisotopic (exact) mass is 466 g/mol. The summed E-state index contributed by atoms with van der Waals surface area (Å²) in [4.78, 5) is 23.7. The Morgan fingerprint density at radius 2 is 1.94 bits per heavy atom. The van der Waals surface area contributed by atoms with Gasteiger partial charge in [0.15, 0.2) is 5.78 Å². The van der Waals surface area contributed by atoms with Gasteiger partial charge in [0.2, 0.25) is 0 Å². The van der Waals surface area contributed by atoms with Crippen LogP contribution in [0.15, 0.2) is 48.2 Å². The number of aromatic amines is 1. The zero-order valence-corrected chi connectivity index (χ0v) is 20.4. The number of ketones is 1. The van der Waals surface area contributed by atoms with Crippen molar-refractivity contribution < 1.29 is 4.79 Å². The molecule has 2 aliphatic rings. The van der Waals surface area contributed by atoms with Crippen molar-refractivity contribution in [2.24, 2.45) is 0 Å². The van der Waals surface area contributed by atoms with E-state index in [-0.39, 0.29) is 5.78 Å². The molecule has 7 heteroatoms. The van der Waals surface area contributed by atoms with Crippen molar-refractivity contribution in [1.82, 2.24) is 24.6 Å². The number of carbonyl (C=O) groups is 1. The van der Waals surface area contributed by atoms with Gasteiger partial charge >= 0.3 is 0 Å². The third-order valence-corrected chi connectivity index (χ3v) is 7.59. The van der Waals surface area contributed by atoms with E-state index in [4.69, 9.17) is 5.73 Å². The Morgan fingerprint density at radius 3 is 2.74 bits per heavy atom. The minimum absolute atomic E-state index is 0.0632. The number of fused-ring (bicyclic) bond motifs is 2. The summed E-state index contributed by atoms with van der Waals surface area (Å²) < 4.78 is 1.61. The molecule has 3 heterocycles. The van der Waals surface area contributed by atoms with E-state index in [1.165, 1.54) is 24.0 Å². The first-order valence-corrected chi connectivity index (χ1v) is 12.3. The lowest BCUT2D eigenvalue weighted by Gasteiger charge is -2.26. The van der Waals surface area contributed by atoms with E-state index in [0.29, 0.717) is 29.9 Å². The van der Waals surface area contributed by atoms with Gasteiger partial charge in [-0.1, -0.05) is 18.2 Å². The molecule has 0 spiro atoms. The molecule has 0 amide bonds. The Morgan fingerprint density at radius 1 is 1.14 bits per heavy atom. The molecule has 3 N–H and O–H groups in total. The van der Waals surface area contributed by atoms with Gasteiger partial charge in [-0.05, 0) is 74.6 Å². The van der Waals surface area contributed by atoms with E-state index in [9.17, 15) is 4.79 Å². The van der Waals surface area contributed by atoms with Crippen LogP contribution in [0, 0.1) is 6.92 Å². The number of rotatable bonds is 5. The van der Waals surface area contributed by atoms with Crippen LogP contribution in [-0.4, -0.2) is 42.5 Å². The number of H-pyrrole nitrogens is 1. The van der Waals surface area contributed by atoms with Gasteiger partial charge in [0.05, 0.1) is 28.5 Å². The molecule has 2 aromatic carbocycles. The SMILES string of the molecule is Cc1nc2ccc(-n3ncc(C(=O)C4=Cc5cc(CN6C(C)CCC6C)ccc5C4)c3N)cc2[nH]1. The third kappa shape index (κ3) is 3.76. The number of allylic oxidation sites excluding steroid dienone is 1. The minimum atomic E-state index is -0.0632. The van der Waals surface area contributed by atoms with Gasteiger partial charge < -0.3 is 10.7 Å². The first-order valence-electron chi connectivity index (χ1n) is 12.3. The van der Waals surface area contributed by atoms with E-state index < -0.39 is 0 Å². The van der Waals surface area contributed by atoms with E-state index in [1.807, 2.05) is 31.2 Å². The fourth-order valence-corrected chi connectivity index (χ4v) is 5.57. The number of likely N-dealkylation sites (tertiary alicyclic amines) is 1. The molecular weight excluding hydrogens is 436 g/mol. The molecular formula is C28H30N6O. The smallest absolute Gasteiger partial charge is 0.194 e. The van der Waals surface area contributed by atoms with Crippen molar-refractivity contribution in [1.29, 1.82) is 0 Å². The van der Waals surface area contributed by atoms with Crippen molar-refractivity contribution in [2.75, 3.05) is 5.73 Å². The molecule has 2 aromatic heterocycles. The highest BCUT2D eigenvalue weighted by molar-refractivity contribution is 6.15. The number of aromatic nitrogens is 4. The van der Waals surface area contributed by atoms with Crippen LogP contribution in [0.3, 0.4) is 0 Å². The molecule has 0 radical (unpaired) electrons. The fourth-order valence-electron chi connectivity index (χ4n) is 5.57. The highest BCUT2D eigenvalue weighted by Gasteiger charge is 2.28. The van der Waals surface area contributed by atoms with Gasteiger partial charge in [0, 0.05) is 30.6 Å². The maximum Gasteiger partial charge on any atom is 0.194 e. The molecule has 0 bridgehead atoms. The predicted molar refractivity (Wildman–Crippen MR) is 139 cm³/mol. The number of carbonyl (C=O) groups excluding carboxylic acids is 1. The summed E-state index contributed by atoms with van der Waals surface area (Å²) in [6.07, 6.45) is 6.74. The number of hydrogen-bond donors (Lipinski definition) is 2. The summed E-state index contributed by atoms with van der Waals surface area (Å²) in [6.45, 7) is 7.49. The predicted octanol–water partition coefficient (Wildman–Crippen LogP) is 4.83. The van der Waals surface area contributed by atoms with Crippen LogP contribution in [0.2, 0.25) is 0 Å². The van der Waals surface area contributed by atoms with E-state index in [2.05, 4.69) is 52.0 Å². The normalized spacial score (nSPS) is 19.9. The second kappa shape index (κ2) is 8.20. The van der Waals surface area contributed by atoms with Gasteiger partial charge in [-0.3, -0.25) is 9.69 Å². The maximum absolute atomic E-state index is 13.4. The number of nitrogens with one attached hydrogen (secondary N) is 1. The highest BCUT2D eigenvalue weighted by atomic mass is 16.1. The van der Waals surface area contributed by atoms with Crippen LogP contribution in [-0.2, 0) is 13.0 Å². The fraction of sp³-hybridized carbons (Fsp3) is 0.321. The zero-order valence-electron chi connectivity index (χ0n) is 20.4. The van der Waals surface area contributed by atoms with Crippen LogP contribution in [0.5, 0.6) is 0 Å². The number of nitrogens with two attached hydrogens (primary N) is 1. The lowest BCUT2D eigenvalue weighted by atomic mass is 10.0. The summed E-state index contributed by atoms with van der Waals surface area (Å²) in [7, 11) is 0. The molecule has 7 nitrogen and oxygen atoms in total.